The second-order valence-electron chi connectivity index (χ2n) is 5.06. The fraction of sp³-hybridized carbons (Fsp3) is 0.118. The predicted molar refractivity (Wildman–Crippen MR) is 93.1 cm³/mol. The van der Waals surface area contributed by atoms with Gasteiger partial charge in [-0.3, -0.25) is 14.8 Å². The maximum Gasteiger partial charge on any atom is 0.280 e. The lowest BCUT2D eigenvalue weighted by Gasteiger charge is -2.07. The molecule has 2 aromatic carbocycles. The molecular formula is C17H15N3O4S. The van der Waals surface area contributed by atoms with Crippen molar-refractivity contribution in [3.8, 4) is 5.75 Å². The molecule has 0 bridgehead atoms. The zero-order chi connectivity index (χ0) is 17.6. The predicted octanol–water partition coefficient (Wildman–Crippen LogP) is 2.22. The normalized spacial score (nSPS) is 10.4. The summed E-state index contributed by atoms with van der Waals surface area (Å²) in [7, 11) is 0. The Kier molecular flexibility index (Phi) is 5.22. The molecule has 7 nitrogen and oxygen atoms in total. The highest BCUT2D eigenvalue weighted by Crippen LogP contribution is 2.21. The molecule has 0 aliphatic carbocycles. The third-order valence-electron chi connectivity index (χ3n) is 3.36. The Balaban J connectivity index is 1.47. The Labute approximate surface area is 147 Å². The molecule has 2 amide bonds. The average molecular weight is 357 g/mol. The van der Waals surface area contributed by atoms with Crippen LogP contribution in [0.15, 0.2) is 48.5 Å². The summed E-state index contributed by atoms with van der Waals surface area (Å²) in [4.78, 5) is 27.6. The van der Waals surface area contributed by atoms with Crippen molar-refractivity contribution in [3.63, 3.8) is 0 Å². The monoisotopic (exact) mass is 357 g/mol. The molecule has 0 saturated heterocycles. The first kappa shape index (κ1) is 16.9. The van der Waals surface area contributed by atoms with Gasteiger partial charge in [-0.25, -0.2) is 10.5 Å². The second-order valence-corrected chi connectivity index (χ2v) is 6.09. The molecule has 0 aliphatic heterocycles. The van der Waals surface area contributed by atoms with Crippen molar-refractivity contribution in [1.82, 2.24) is 15.8 Å². The zero-order valence-corrected chi connectivity index (χ0v) is 13.9. The number of rotatable bonds is 6. The van der Waals surface area contributed by atoms with Crippen LogP contribution in [0.2, 0.25) is 0 Å². The molecule has 0 unspecified atom stereocenters. The summed E-state index contributed by atoms with van der Waals surface area (Å²) < 4.78 is 6.46. The average Bonchev–Trinajstić information content (AvgIpc) is 3.09. The SMILES string of the molecule is O=C(NO)c1ccc(OCCNC(=O)c2nc3ccccc3s2)cc1. The number of hydrogen-bond donors (Lipinski definition) is 3. The minimum Gasteiger partial charge on any atom is -0.492 e. The van der Waals surface area contributed by atoms with Gasteiger partial charge in [0.15, 0.2) is 5.01 Å². The number of amides is 2. The summed E-state index contributed by atoms with van der Waals surface area (Å²) >= 11 is 1.34. The molecule has 0 spiro atoms. The van der Waals surface area contributed by atoms with E-state index in [1.807, 2.05) is 24.3 Å². The molecule has 0 atom stereocenters. The van der Waals surface area contributed by atoms with Gasteiger partial charge in [0.2, 0.25) is 0 Å². The third kappa shape index (κ3) is 4.11. The van der Waals surface area contributed by atoms with Crippen LogP contribution >= 0.6 is 11.3 Å². The molecule has 0 aliphatic rings. The molecule has 3 aromatic rings. The van der Waals surface area contributed by atoms with E-state index in [4.69, 9.17) is 9.94 Å². The van der Waals surface area contributed by atoms with Crippen LogP contribution in [0.4, 0.5) is 0 Å². The molecule has 1 heterocycles. The molecule has 3 rings (SSSR count). The summed E-state index contributed by atoms with van der Waals surface area (Å²) in [6, 6.07) is 13.9. The second kappa shape index (κ2) is 7.73. The Hall–Kier alpha value is -2.97. The lowest BCUT2D eigenvalue weighted by Crippen LogP contribution is -2.28. The summed E-state index contributed by atoms with van der Waals surface area (Å²) in [5.74, 6) is -0.266. The minimum atomic E-state index is -0.588. The van der Waals surface area contributed by atoms with Gasteiger partial charge in [0.1, 0.15) is 12.4 Å². The van der Waals surface area contributed by atoms with E-state index >= 15 is 0 Å². The summed E-state index contributed by atoms with van der Waals surface area (Å²) in [6.07, 6.45) is 0. The van der Waals surface area contributed by atoms with Crippen LogP contribution in [0.25, 0.3) is 10.2 Å². The van der Waals surface area contributed by atoms with E-state index < -0.39 is 5.91 Å². The molecule has 8 heteroatoms. The van der Waals surface area contributed by atoms with Crippen LogP contribution in [0.5, 0.6) is 5.75 Å². The maximum absolute atomic E-state index is 12.1. The van der Waals surface area contributed by atoms with Gasteiger partial charge in [-0.2, -0.15) is 0 Å². The van der Waals surface area contributed by atoms with Gasteiger partial charge < -0.3 is 10.1 Å². The first-order valence-electron chi connectivity index (χ1n) is 7.48. The number of aromatic nitrogens is 1. The number of carbonyl (C=O) groups excluding carboxylic acids is 2. The number of hydroxylamine groups is 1. The molecule has 0 fully saturated rings. The number of para-hydroxylation sites is 1. The molecule has 0 radical (unpaired) electrons. The van der Waals surface area contributed by atoms with Crippen molar-refractivity contribution in [1.29, 1.82) is 0 Å². The van der Waals surface area contributed by atoms with Gasteiger partial charge in [0, 0.05) is 5.56 Å². The van der Waals surface area contributed by atoms with Gasteiger partial charge in [-0.1, -0.05) is 12.1 Å². The van der Waals surface area contributed by atoms with E-state index in [1.165, 1.54) is 23.5 Å². The van der Waals surface area contributed by atoms with E-state index in [-0.39, 0.29) is 12.5 Å². The number of nitrogens with zero attached hydrogens (tertiary/aromatic N) is 1. The van der Waals surface area contributed by atoms with Crippen molar-refractivity contribution in [2.24, 2.45) is 0 Å². The largest absolute Gasteiger partial charge is 0.492 e. The number of benzene rings is 2. The van der Waals surface area contributed by atoms with E-state index in [0.29, 0.717) is 22.9 Å². The van der Waals surface area contributed by atoms with Crippen molar-refractivity contribution >= 4 is 33.4 Å². The Morgan fingerprint density at radius 2 is 1.84 bits per heavy atom. The maximum atomic E-state index is 12.1. The zero-order valence-electron chi connectivity index (χ0n) is 13.1. The number of hydrogen-bond acceptors (Lipinski definition) is 6. The van der Waals surface area contributed by atoms with E-state index in [2.05, 4.69) is 10.3 Å². The molecule has 3 N–H and O–H groups in total. The molecule has 128 valence electrons. The fourth-order valence-corrected chi connectivity index (χ4v) is 3.03. The number of carbonyl (C=O) groups is 2. The Morgan fingerprint density at radius 1 is 1.08 bits per heavy atom. The van der Waals surface area contributed by atoms with Gasteiger partial charge >= 0.3 is 0 Å². The smallest absolute Gasteiger partial charge is 0.280 e. The Bertz CT molecular complexity index is 859. The lowest BCUT2D eigenvalue weighted by atomic mass is 10.2. The van der Waals surface area contributed by atoms with Gasteiger partial charge in [-0.15, -0.1) is 11.3 Å². The van der Waals surface area contributed by atoms with Crippen LogP contribution in [0.1, 0.15) is 20.2 Å². The van der Waals surface area contributed by atoms with Gasteiger partial charge in [0.25, 0.3) is 11.8 Å². The van der Waals surface area contributed by atoms with E-state index in [9.17, 15) is 9.59 Å². The van der Waals surface area contributed by atoms with Gasteiger partial charge in [0.05, 0.1) is 16.8 Å². The van der Waals surface area contributed by atoms with Crippen LogP contribution in [-0.2, 0) is 0 Å². The fourth-order valence-electron chi connectivity index (χ4n) is 2.15. The summed E-state index contributed by atoms with van der Waals surface area (Å²) in [5.41, 5.74) is 2.68. The number of ether oxygens (including phenoxy) is 1. The van der Waals surface area contributed by atoms with Crippen LogP contribution in [0, 0.1) is 0 Å². The minimum absolute atomic E-state index is 0.236. The van der Waals surface area contributed by atoms with Crippen molar-refractivity contribution in [2.45, 2.75) is 0 Å². The van der Waals surface area contributed by atoms with Crippen molar-refractivity contribution in [3.05, 3.63) is 59.1 Å². The van der Waals surface area contributed by atoms with Gasteiger partial charge in [-0.05, 0) is 36.4 Å². The summed E-state index contributed by atoms with van der Waals surface area (Å²) in [5, 5.41) is 11.7. The lowest BCUT2D eigenvalue weighted by molar-refractivity contribution is 0.0706. The van der Waals surface area contributed by atoms with E-state index in [1.54, 1.807) is 17.6 Å². The third-order valence-corrected chi connectivity index (χ3v) is 4.40. The molecule has 0 saturated carbocycles. The Morgan fingerprint density at radius 3 is 2.56 bits per heavy atom. The first-order chi connectivity index (χ1) is 12.2. The number of nitrogens with one attached hydrogen (secondary N) is 2. The topological polar surface area (TPSA) is 101 Å². The van der Waals surface area contributed by atoms with Crippen molar-refractivity contribution < 1.29 is 19.5 Å². The number of thiazole rings is 1. The highest BCUT2D eigenvalue weighted by molar-refractivity contribution is 7.20. The van der Waals surface area contributed by atoms with E-state index in [0.717, 1.165) is 10.2 Å². The van der Waals surface area contributed by atoms with Crippen LogP contribution in [-0.4, -0.2) is 35.2 Å². The number of fused-ring (bicyclic) bond motifs is 1. The highest BCUT2D eigenvalue weighted by Gasteiger charge is 2.11. The van der Waals surface area contributed by atoms with Crippen LogP contribution in [0.3, 0.4) is 0 Å². The molecular weight excluding hydrogens is 342 g/mol. The van der Waals surface area contributed by atoms with Crippen molar-refractivity contribution in [2.75, 3.05) is 13.2 Å². The first-order valence-corrected chi connectivity index (χ1v) is 8.30. The quantitative estimate of drug-likeness (QED) is 0.357. The standard InChI is InChI=1S/C17H15N3O4S/c21-15(20-23)11-5-7-12(8-6-11)24-10-9-18-16(22)17-19-13-3-1-2-4-14(13)25-17/h1-8,23H,9-10H2,(H,18,22)(H,20,21). The molecule has 1 aromatic heterocycles. The van der Waals surface area contributed by atoms with Crippen LogP contribution < -0.4 is 15.5 Å². The molecule has 25 heavy (non-hydrogen) atoms. The summed E-state index contributed by atoms with van der Waals surface area (Å²) in [6.45, 7) is 0.607. The highest BCUT2D eigenvalue weighted by atomic mass is 32.1.